The van der Waals surface area contributed by atoms with Crippen molar-refractivity contribution in [2.45, 2.75) is 31.3 Å². The van der Waals surface area contributed by atoms with Gasteiger partial charge in [0.2, 0.25) is 5.43 Å². The van der Waals surface area contributed by atoms with Gasteiger partial charge >= 0.3 is 5.97 Å². The third kappa shape index (κ3) is 3.55. The first-order valence-corrected chi connectivity index (χ1v) is 10.6. The molecule has 2 aromatic carbocycles. The summed E-state index contributed by atoms with van der Waals surface area (Å²) >= 11 is 0. The second-order valence-electron chi connectivity index (χ2n) is 8.31. The first kappa shape index (κ1) is 20.4. The van der Waals surface area contributed by atoms with E-state index in [0.29, 0.717) is 19.5 Å². The average molecular weight is 437 g/mol. The van der Waals surface area contributed by atoms with Crippen LogP contribution in [0, 0.1) is 11.6 Å². The van der Waals surface area contributed by atoms with E-state index >= 15 is 8.78 Å². The van der Waals surface area contributed by atoms with Gasteiger partial charge in [0, 0.05) is 31.5 Å². The lowest BCUT2D eigenvalue weighted by Gasteiger charge is -2.22. The molecule has 1 saturated carbocycles. The van der Waals surface area contributed by atoms with E-state index in [1.54, 1.807) is 11.1 Å². The lowest BCUT2D eigenvalue weighted by Crippen LogP contribution is -2.25. The Balaban J connectivity index is 1.53. The maximum atomic E-state index is 15.7. The molecule has 1 unspecified atom stereocenters. The molecule has 5 rings (SSSR count). The van der Waals surface area contributed by atoms with Gasteiger partial charge in [0.05, 0.1) is 16.9 Å². The Hall–Kier alpha value is -3.55. The first-order valence-electron chi connectivity index (χ1n) is 10.6. The lowest BCUT2D eigenvalue weighted by atomic mass is 10.1. The van der Waals surface area contributed by atoms with Crippen LogP contribution >= 0.6 is 0 Å². The fraction of sp³-hybridized carbons (Fsp3) is 0.292. The fourth-order valence-electron chi connectivity index (χ4n) is 4.31. The molecule has 8 heteroatoms. The summed E-state index contributed by atoms with van der Waals surface area (Å²) in [5.74, 6) is -3.10. The van der Waals surface area contributed by atoms with Gasteiger partial charge in [-0.25, -0.2) is 13.6 Å². The minimum absolute atomic E-state index is 0.0323. The Morgan fingerprint density at radius 1 is 1.16 bits per heavy atom. The quantitative estimate of drug-likeness (QED) is 0.612. The molecule has 1 aliphatic carbocycles. The molecule has 1 saturated heterocycles. The number of aliphatic imine (C=N–C) groups is 1. The highest BCUT2D eigenvalue weighted by atomic mass is 19.1. The average Bonchev–Trinajstić information content (AvgIpc) is 3.52. The van der Waals surface area contributed by atoms with Gasteiger partial charge in [-0.1, -0.05) is 30.3 Å². The minimum Gasteiger partial charge on any atom is -0.477 e. The van der Waals surface area contributed by atoms with E-state index in [9.17, 15) is 14.7 Å². The van der Waals surface area contributed by atoms with Crippen LogP contribution in [-0.2, 0) is 0 Å². The highest BCUT2D eigenvalue weighted by molar-refractivity contribution is 5.94. The van der Waals surface area contributed by atoms with Crippen LogP contribution in [0.25, 0.3) is 10.9 Å². The van der Waals surface area contributed by atoms with E-state index in [1.165, 1.54) is 10.8 Å². The molecule has 0 radical (unpaired) electrons. The molecule has 164 valence electrons. The SMILES string of the molecule is O=C(O)c1cn(C2CC2)c2c(F)c(N3CCC(N=Cc4ccccc4)C3)c(F)cc2c1=O. The molecule has 0 amide bonds. The fourth-order valence-corrected chi connectivity index (χ4v) is 4.31. The number of hydrogen-bond donors (Lipinski definition) is 1. The van der Waals surface area contributed by atoms with E-state index in [4.69, 9.17) is 0 Å². The van der Waals surface area contributed by atoms with Crippen molar-refractivity contribution in [3.63, 3.8) is 0 Å². The van der Waals surface area contributed by atoms with Crippen LogP contribution in [0.2, 0.25) is 0 Å². The number of pyridine rings is 1. The van der Waals surface area contributed by atoms with Gasteiger partial charge in [-0.05, 0) is 30.9 Å². The Kier molecular flexibility index (Phi) is 5.00. The van der Waals surface area contributed by atoms with Crippen molar-refractivity contribution in [1.29, 1.82) is 0 Å². The molecule has 1 atom stereocenters. The highest BCUT2D eigenvalue weighted by Gasteiger charge is 2.32. The summed E-state index contributed by atoms with van der Waals surface area (Å²) in [5.41, 5.74) is -0.619. The molecule has 0 bridgehead atoms. The number of carboxylic acids is 1. The topological polar surface area (TPSA) is 74.9 Å². The van der Waals surface area contributed by atoms with Gasteiger partial charge < -0.3 is 14.6 Å². The normalized spacial score (nSPS) is 18.7. The number of rotatable bonds is 5. The molecular formula is C24H21F2N3O3. The second-order valence-corrected chi connectivity index (χ2v) is 8.31. The van der Waals surface area contributed by atoms with Gasteiger partial charge in [-0.15, -0.1) is 0 Å². The Morgan fingerprint density at radius 2 is 1.91 bits per heavy atom. The molecular weight excluding hydrogens is 416 g/mol. The zero-order valence-electron chi connectivity index (χ0n) is 17.2. The number of nitrogens with zero attached hydrogens (tertiary/aromatic N) is 3. The molecule has 6 nitrogen and oxygen atoms in total. The summed E-state index contributed by atoms with van der Waals surface area (Å²) in [6.45, 7) is 0.778. The Labute approximate surface area is 182 Å². The van der Waals surface area contributed by atoms with Crippen molar-refractivity contribution in [3.8, 4) is 0 Å². The van der Waals surface area contributed by atoms with Crippen LogP contribution in [0.3, 0.4) is 0 Å². The predicted octanol–water partition coefficient (Wildman–Crippen LogP) is 4.01. The van der Waals surface area contributed by atoms with E-state index in [2.05, 4.69) is 4.99 Å². The summed E-state index contributed by atoms with van der Waals surface area (Å²) in [6.07, 6.45) is 5.10. The smallest absolute Gasteiger partial charge is 0.341 e. The zero-order valence-corrected chi connectivity index (χ0v) is 17.2. The molecule has 1 aromatic heterocycles. The minimum atomic E-state index is -1.41. The summed E-state index contributed by atoms with van der Waals surface area (Å²) in [4.78, 5) is 30.3. The van der Waals surface area contributed by atoms with E-state index in [0.717, 1.165) is 24.5 Å². The summed E-state index contributed by atoms with van der Waals surface area (Å²) < 4.78 is 32.2. The number of anilines is 1. The van der Waals surface area contributed by atoms with Crippen LogP contribution in [0.4, 0.5) is 14.5 Å². The largest absolute Gasteiger partial charge is 0.477 e. The van der Waals surface area contributed by atoms with Crippen LogP contribution in [0.15, 0.2) is 52.4 Å². The predicted molar refractivity (Wildman–Crippen MR) is 118 cm³/mol. The lowest BCUT2D eigenvalue weighted by molar-refractivity contribution is 0.0694. The van der Waals surface area contributed by atoms with Gasteiger partial charge in [0.1, 0.15) is 17.1 Å². The van der Waals surface area contributed by atoms with Gasteiger partial charge in [-0.3, -0.25) is 9.79 Å². The number of benzene rings is 2. The highest BCUT2D eigenvalue weighted by Crippen LogP contribution is 2.40. The van der Waals surface area contributed by atoms with Crippen molar-refractivity contribution in [3.05, 3.63) is 75.6 Å². The number of hydrogen-bond acceptors (Lipinski definition) is 4. The summed E-state index contributed by atoms with van der Waals surface area (Å²) in [6, 6.07) is 10.4. The standard InChI is InChI=1S/C24H21F2N3O3/c25-19-10-17-21(29(16-6-7-16)13-18(23(17)30)24(31)32)20(26)22(19)28-9-8-15(12-28)27-11-14-4-2-1-3-5-14/h1-5,10-11,13,15-16H,6-9,12H2,(H,31,32). The van der Waals surface area contributed by atoms with Crippen molar-refractivity contribution in [2.75, 3.05) is 18.0 Å². The maximum absolute atomic E-state index is 15.7. The molecule has 0 spiro atoms. The molecule has 2 fully saturated rings. The van der Waals surface area contributed by atoms with E-state index in [-0.39, 0.29) is 28.7 Å². The Bertz CT molecular complexity index is 1300. The molecule has 32 heavy (non-hydrogen) atoms. The van der Waals surface area contributed by atoms with Crippen LogP contribution in [-0.4, -0.2) is 41.0 Å². The van der Waals surface area contributed by atoms with Gasteiger partial charge in [0.25, 0.3) is 0 Å². The van der Waals surface area contributed by atoms with E-state index in [1.807, 2.05) is 30.3 Å². The third-order valence-corrected chi connectivity index (χ3v) is 6.07. The monoisotopic (exact) mass is 437 g/mol. The van der Waals surface area contributed by atoms with Crippen LogP contribution in [0.1, 0.15) is 41.2 Å². The number of aromatic nitrogens is 1. The summed E-state index contributed by atoms with van der Waals surface area (Å²) in [5, 5.41) is 9.11. The second kappa shape index (κ2) is 7.85. The molecule has 2 aliphatic rings. The number of aromatic carboxylic acids is 1. The van der Waals surface area contributed by atoms with Gasteiger partial charge in [-0.2, -0.15) is 0 Å². The number of halogens is 2. The molecule has 2 heterocycles. The number of fused-ring (bicyclic) bond motifs is 1. The molecule has 1 N–H and O–H groups in total. The van der Waals surface area contributed by atoms with Gasteiger partial charge in [0.15, 0.2) is 5.82 Å². The van der Waals surface area contributed by atoms with Crippen LogP contribution < -0.4 is 10.3 Å². The summed E-state index contributed by atoms with van der Waals surface area (Å²) in [7, 11) is 0. The number of carboxylic acid groups (broad SMARTS) is 1. The first-order chi connectivity index (χ1) is 15.4. The van der Waals surface area contributed by atoms with Crippen LogP contribution in [0.5, 0.6) is 0 Å². The van der Waals surface area contributed by atoms with E-state index < -0.39 is 28.6 Å². The Morgan fingerprint density at radius 3 is 2.59 bits per heavy atom. The zero-order chi connectivity index (χ0) is 22.4. The van der Waals surface area contributed by atoms with Crippen molar-refractivity contribution >= 4 is 28.8 Å². The molecule has 3 aromatic rings. The number of carbonyl (C=O) groups is 1. The third-order valence-electron chi connectivity index (χ3n) is 6.07. The van der Waals surface area contributed by atoms with Crippen molar-refractivity contribution in [2.24, 2.45) is 4.99 Å². The maximum Gasteiger partial charge on any atom is 0.341 e. The van der Waals surface area contributed by atoms with Crippen molar-refractivity contribution < 1.29 is 18.7 Å². The molecule has 1 aliphatic heterocycles. The van der Waals surface area contributed by atoms with Crippen molar-refractivity contribution in [1.82, 2.24) is 4.57 Å².